The molecule has 7 heteroatoms. The van der Waals surface area contributed by atoms with Gasteiger partial charge in [0.15, 0.2) is 0 Å². The van der Waals surface area contributed by atoms with E-state index in [1.165, 1.54) is 12.1 Å². The number of nitrogens with zero attached hydrogens (tertiary/aromatic N) is 1. The lowest BCUT2D eigenvalue weighted by Gasteiger charge is -2.26. The van der Waals surface area contributed by atoms with Gasteiger partial charge in [0, 0.05) is 12.6 Å². The number of anilines is 1. The first-order valence-electron chi connectivity index (χ1n) is 6.52. The molecule has 1 aromatic carbocycles. The van der Waals surface area contributed by atoms with Crippen molar-refractivity contribution >= 4 is 34.6 Å². The quantitative estimate of drug-likeness (QED) is 0.652. The highest BCUT2D eigenvalue weighted by Crippen LogP contribution is 2.34. The molecule has 0 aromatic heterocycles. The van der Waals surface area contributed by atoms with Crippen LogP contribution in [0.3, 0.4) is 0 Å². The first-order chi connectivity index (χ1) is 9.47. The van der Waals surface area contributed by atoms with Gasteiger partial charge >= 0.3 is 0 Å². The number of aliphatic hydroxyl groups is 1. The van der Waals surface area contributed by atoms with Crippen molar-refractivity contribution in [3.63, 3.8) is 0 Å². The molecular formula is C13H16Cl2N2O3. The minimum absolute atomic E-state index is 0.0873. The van der Waals surface area contributed by atoms with Crippen molar-refractivity contribution in [1.82, 2.24) is 0 Å². The molecule has 1 aromatic rings. The van der Waals surface area contributed by atoms with Gasteiger partial charge in [-0.05, 0) is 31.2 Å². The molecule has 110 valence electrons. The molecule has 0 amide bonds. The SMILES string of the molecule is O=[N+]([O-])c1cc(Cl)c(Cl)cc1NCC1CCCC(O)C1. The third-order valence-electron chi connectivity index (χ3n) is 3.57. The molecular weight excluding hydrogens is 303 g/mol. The summed E-state index contributed by atoms with van der Waals surface area (Å²) in [4.78, 5) is 10.5. The van der Waals surface area contributed by atoms with Gasteiger partial charge in [-0.2, -0.15) is 0 Å². The zero-order valence-corrected chi connectivity index (χ0v) is 12.3. The van der Waals surface area contributed by atoms with E-state index in [0.717, 1.165) is 25.7 Å². The van der Waals surface area contributed by atoms with Crippen molar-refractivity contribution in [3.05, 3.63) is 32.3 Å². The van der Waals surface area contributed by atoms with Crippen molar-refractivity contribution in [3.8, 4) is 0 Å². The molecule has 2 N–H and O–H groups in total. The summed E-state index contributed by atoms with van der Waals surface area (Å²) in [5.41, 5.74) is 0.278. The molecule has 0 heterocycles. The number of rotatable bonds is 4. The van der Waals surface area contributed by atoms with Crippen LogP contribution in [0.15, 0.2) is 12.1 Å². The molecule has 0 spiro atoms. The second-order valence-electron chi connectivity index (χ2n) is 5.11. The molecule has 1 saturated carbocycles. The van der Waals surface area contributed by atoms with Crippen molar-refractivity contribution in [2.45, 2.75) is 31.8 Å². The molecule has 1 aliphatic carbocycles. The van der Waals surface area contributed by atoms with E-state index in [9.17, 15) is 15.2 Å². The summed E-state index contributed by atoms with van der Waals surface area (Å²) in [7, 11) is 0. The van der Waals surface area contributed by atoms with Crippen molar-refractivity contribution in [2.75, 3.05) is 11.9 Å². The van der Waals surface area contributed by atoms with Crippen LogP contribution in [0.1, 0.15) is 25.7 Å². The van der Waals surface area contributed by atoms with Crippen molar-refractivity contribution in [1.29, 1.82) is 0 Å². The molecule has 2 rings (SSSR count). The van der Waals surface area contributed by atoms with Crippen molar-refractivity contribution in [2.24, 2.45) is 5.92 Å². The molecule has 5 nitrogen and oxygen atoms in total. The molecule has 2 unspecified atom stereocenters. The molecule has 20 heavy (non-hydrogen) atoms. The summed E-state index contributed by atoms with van der Waals surface area (Å²) in [6.07, 6.45) is 3.29. The van der Waals surface area contributed by atoms with E-state index in [0.29, 0.717) is 18.2 Å². The van der Waals surface area contributed by atoms with Crippen LogP contribution in [-0.2, 0) is 0 Å². The standard InChI is InChI=1S/C13H16Cl2N2O3/c14-10-5-12(13(17(19)20)6-11(10)15)16-7-8-2-1-3-9(18)4-8/h5-6,8-9,16,18H,1-4,7H2. The fourth-order valence-corrected chi connectivity index (χ4v) is 2.85. The van der Waals surface area contributed by atoms with Crippen LogP contribution in [0.5, 0.6) is 0 Å². The number of halogens is 2. The van der Waals surface area contributed by atoms with E-state index in [1.807, 2.05) is 0 Å². The van der Waals surface area contributed by atoms with Gasteiger partial charge in [-0.15, -0.1) is 0 Å². The van der Waals surface area contributed by atoms with Crippen LogP contribution in [0, 0.1) is 16.0 Å². The van der Waals surface area contributed by atoms with Crippen LogP contribution in [0.2, 0.25) is 10.0 Å². The van der Waals surface area contributed by atoms with E-state index < -0.39 is 4.92 Å². The average molecular weight is 319 g/mol. The Labute approximate surface area is 127 Å². The number of nitro groups is 1. The molecule has 0 aliphatic heterocycles. The van der Waals surface area contributed by atoms with Gasteiger partial charge in [0.1, 0.15) is 5.69 Å². The molecule has 1 aliphatic rings. The number of benzene rings is 1. The van der Waals surface area contributed by atoms with E-state index in [4.69, 9.17) is 23.2 Å². The van der Waals surface area contributed by atoms with E-state index in [-0.39, 0.29) is 21.8 Å². The Bertz CT molecular complexity index is 511. The fraction of sp³-hybridized carbons (Fsp3) is 0.538. The molecule has 1 fully saturated rings. The number of aliphatic hydroxyl groups excluding tert-OH is 1. The maximum atomic E-state index is 11.0. The van der Waals surface area contributed by atoms with Gasteiger partial charge in [-0.3, -0.25) is 10.1 Å². The second kappa shape index (κ2) is 6.61. The highest BCUT2D eigenvalue weighted by atomic mass is 35.5. The van der Waals surface area contributed by atoms with Gasteiger partial charge in [0.25, 0.3) is 5.69 Å². The molecule has 0 bridgehead atoms. The Balaban J connectivity index is 2.08. The Morgan fingerprint density at radius 2 is 2.05 bits per heavy atom. The molecule has 0 saturated heterocycles. The fourth-order valence-electron chi connectivity index (χ4n) is 2.53. The molecule has 2 atom stereocenters. The normalized spacial score (nSPS) is 22.6. The Morgan fingerprint density at radius 1 is 1.35 bits per heavy atom. The van der Waals surface area contributed by atoms with Gasteiger partial charge in [0.2, 0.25) is 0 Å². The van der Waals surface area contributed by atoms with E-state index >= 15 is 0 Å². The zero-order valence-electron chi connectivity index (χ0n) is 10.8. The van der Waals surface area contributed by atoms with E-state index in [1.54, 1.807) is 0 Å². The Hall–Kier alpha value is -1.04. The average Bonchev–Trinajstić information content (AvgIpc) is 2.39. The Kier molecular flexibility index (Phi) is 5.07. The summed E-state index contributed by atoms with van der Waals surface area (Å²) in [5, 5.41) is 24.1. The minimum atomic E-state index is -0.486. The predicted octanol–water partition coefficient (Wildman–Crippen LogP) is 3.86. The first kappa shape index (κ1) is 15.4. The number of nitro benzene ring substituents is 1. The van der Waals surface area contributed by atoms with Crippen LogP contribution in [0.4, 0.5) is 11.4 Å². The third-order valence-corrected chi connectivity index (χ3v) is 4.29. The third kappa shape index (κ3) is 3.75. The van der Waals surface area contributed by atoms with Gasteiger partial charge < -0.3 is 10.4 Å². The highest BCUT2D eigenvalue weighted by molar-refractivity contribution is 6.42. The summed E-state index contributed by atoms with van der Waals surface area (Å²) in [6, 6.07) is 2.73. The van der Waals surface area contributed by atoms with Crippen LogP contribution in [-0.4, -0.2) is 22.7 Å². The summed E-state index contributed by atoms with van der Waals surface area (Å²) in [5.74, 6) is 0.313. The highest BCUT2D eigenvalue weighted by Gasteiger charge is 2.22. The smallest absolute Gasteiger partial charge is 0.293 e. The topological polar surface area (TPSA) is 75.4 Å². The van der Waals surface area contributed by atoms with Crippen LogP contribution in [0.25, 0.3) is 0 Å². The maximum Gasteiger partial charge on any atom is 0.293 e. The minimum Gasteiger partial charge on any atom is -0.393 e. The summed E-state index contributed by atoms with van der Waals surface area (Å²) in [6.45, 7) is 0.579. The molecule has 0 radical (unpaired) electrons. The lowest BCUT2D eigenvalue weighted by molar-refractivity contribution is -0.383. The van der Waals surface area contributed by atoms with Gasteiger partial charge in [-0.1, -0.05) is 29.6 Å². The monoisotopic (exact) mass is 318 g/mol. The van der Waals surface area contributed by atoms with E-state index in [2.05, 4.69) is 5.32 Å². The van der Waals surface area contributed by atoms with Gasteiger partial charge in [-0.25, -0.2) is 0 Å². The summed E-state index contributed by atoms with van der Waals surface area (Å²) < 4.78 is 0. The predicted molar refractivity (Wildman–Crippen MR) is 79.6 cm³/mol. The number of hydrogen-bond donors (Lipinski definition) is 2. The number of nitrogens with one attached hydrogen (secondary N) is 1. The second-order valence-corrected chi connectivity index (χ2v) is 5.92. The van der Waals surface area contributed by atoms with Crippen LogP contribution >= 0.6 is 23.2 Å². The zero-order chi connectivity index (χ0) is 14.7. The largest absolute Gasteiger partial charge is 0.393 e. The van der Waals surface area contributed by atoms with Crippen LogP contribution < -0.4 is 5.32 Å². The lowest BCUT2D eigenvalue weighted by Crippen LogP contribution is -2.25. The lowest BCUT2D eigenvalue weighted by atomic mass is 9.87. The van der Waals surface area contributed by atoms with Crippen molar-refractivity contribution < 1.29 is 10.0 Å². The van der Waals surface area contributed by atoms with Gasteiger partial charge in [0.05, 0.1) is 21.1 Å². The maximum absolute atomic E-state index is 11.0. The number of hydrogen-bond acceptors (Lipinski definition) is 4. The summed E-state index contributed by atoms with van der Waals surface area (Å²) >= 11 is 11.7. The Morgan fingerprint density at radius 3 is 2.70 bits per heavy atom. The first-order valence-corrected chi connectivity index (χ1v) is 7.28.